The molecule has 2 amide bonds. The number of hydrogen-bond acceptors (Lipinski definition) is 3. The summed E-state index contributed by atoms with van der Waals surface area (Å²) in [5, 5.41) is 5.85. The average Bonchev–Trinajstić information content (AvgIpc) is 2.67. The lowest BCUT2D eigenvalue weighted by Gasteiger charge is -2.26. The van der Waals surface area contributed by atoms with Crippen molar-refractivity contribution < 1.29 is 14.3 Å². The van der Waals surface area contributed by atoms with Crippen molar-refractivity contribution in [3.8, 4) is 11.5 Å². The van der Waals surface area contributed by atoms with E-state index < -0.39 is 0 Å². The molecule has 26 heavy (non-hydrogen) atoms. The Morgan fingerprint density at radius 2 is 1.42 bits per heavy atom. The second-order valence-corrected chi connectivity index (χ2v) is 6.82. The first kappa shape index (κ1) is 19.6. The predicted octanol–water partition coefficient (Wildman–Crippen LogP) is 3.52. The van der Waals surface area contributed by atoms with Gasteiger partial charge in [-0.25, -0.2) is 4.79 Å². The summed E-state index contributed by atoms with van der Waals surface area (Å²) >= 11 is 0. The van der Waals surface area contributed by atoms with E-state index in [1.165, 1.54) is 0 Å². The molecule has 0 saturated heterocycles. The van der Waals surface area contributed by atoms with Crippen molar-refractivity contribution in [2.45, 2.75) is 25.7 Å². The van der Waals surface area contributed by atoms with E-state index in [0.717, 1.165) is 29.0 Å². The minimum atomic E-state index is -0.167. The van der Waals surface area contributed by atoms with Gasteiger partial charge in [-0.3, -0.25) is 0 Å². The SMILES string of the molecule is COc1ccc(CCNC(=O)NCC(C)(C)c2ccc(OC)cc2)cc1. The molecule has 0 atom stereocenters. The zero-order valence-electron chi connectivity index (χ0n) is 16.0. The number of carbonyl (C=O) groups excluding carboxylic acids is 1. The molecule has 0 bridgehead atoms. The molecule has 0 saturated carbocycles. The Labute approximate surface area is 155 Å². The Bertz CT molecular complexity index is 694. The third-order valence-electron chi connectivity index (χ3n) is 4.42. The van der Waals surface area contributed by atoms with Crippen molar-refractivity contribution in [1.29, 1.82) is 0 Å². The zero-order chi connectivity index (χ0) is 19.0. The predicted molar refractivity (Wildman–Crippen MR) is 104 cm³/mol. The summed E-state index contributed by atoms with van der Waals surface area (Å²) < 4.78 is 10.3. The quantitative estimate of drug-likeness (QED) is 0.761. The maximum Gasteiger partial charge on any atom is 0.314 e. The first-order chi connectivity index (χ1) is 12.4. The normalized spacial score (nSPS) is 10.9. The van der Waals surface area contributed by atoms with Gasteiger partial charge in [-0.05, 0) is 41.8 Å². The maximum atomic E-state index is 12.0. The van der Waals surface area contributed by atoms with E-state index in [0.29, 0.717) is 13.1 Å². The highest BCUT2D eigenvalue weighted by molar-refractivity contribution is 5.74. The Morgan fingerprint density at radius 1 is 0.885 bits per heavy atom. The van der Waals surface area contributed by atoms with Gasteiger partial charge < -0.3 is 20.1 Å². The molecule has 0 unspecified atom stereocenters. The molecule has 2 aromatic rings. The molecule has 2 aromatic carbocycles. The summed E-state index contributed by atoms with van der Waals surface area (Å²) in [6.45, 7) is 5.34. The van der Waals surface area contributed by atoms with E-state index in [2.05, 4.69) is 24.5 Å². The van der Waals surface area contributed by atoms with Crippen LogP contribution in [0.25, 0.3) is 0 Å². The highest BCUT2D eigenvalue weighted by Crippen LogP contribution is 2.24. The van der Waals surface area contributed by atoms with E-state index in [-0.39, 0.29) is 11.4 Å². The van der Waals surface area contributed by atoms with Crippen LogP contribution >= 0.6 is 0 Å². The third kappa shape index (κ3) is 5.69. The summed E-state index contributed by atoms with van der Waals surface area (Å²) in [5.41, 5.74) is 2.14. The van der Waals surface area contributed by atoms with Crippen molar-refractivity contribution >= 4 is 6.03 Å². The molecule has 5 heteroatoms. The smallest absolute Gasteiger partial charge is 0.314 e. The number of rotatable bonds is 8. The Hall–Kier alpha value is -2.69. The molecule has 0 heterocycles. The van der Waals surface area contributed by atoms with Crippen LogP contribution in [-0.4, -0.2) is 33.3 Å². The first-order valence-corrected chi connectivity index (χ1v) is 8.74. The minimum absolute atomic E-state index is 0.153. The van der Waals surface area contributed by atoms with Crippen molar-refractivity contribution in [2.75, 3.05) is 27.3 Å². The lowest BCUT2D eigenvalue weighted by Crippen LogP contribution is -2.42. The molecule has 2 N–H and O–H groups in total. The summed E-state index contributed by atoms with van der Waals surface area (Å²) in [4.78, 5) is 12.0. The fourth-order valence-corrected chi connectivity index (χ4v) is 2.62. The van der Waals surface area contributed by atoms with Crippen molar-refractivity contribution in [3.63, 3.8) is 0 Å². The Kier molecular flexibility index (Phi) is 6.89. The third-order valence-corrected chi connectivity index (χ3v) is 4.42. The number of urea groups is 1. The molecular formula is C21H28N2O3. The summed E-state index contributed by atoms with van der Waals surface area (Å²) in [7, 11) is 3.30. The number of amides is 2. The van der Waals surface area contributed by atoms with Crippen LogP contribution in [0.4, 0.5) is 4.79 Å². The maximum absolute atomic E-state index is 12.0. The molecular weight excluding hydrogens is 328 g/mol. The number of methoxy groups -OCH3 is 2. The van der Waals surface area contributed by atoms with Crippen LogP contribution in [0.3, 0.4) is 0 Å². The van der Waals surface area contributed by atoms with Gasteiger partial charge in [0, 0.05) is 18.5 Å². The Balaban J connectivity index is 1.75. The molecule has 0 radical (unpaired) electrons. The van der Waals surface area contributed by atoms with Crippen LogP contribution in [0, 0.1) is 0 Å². The molecule has 0 fully saturated rings. The molecule has 2 rings (SSSR count). The van der Waals surface area contributed by atoms with Crippen LogP contribution in [0.5, 0.6) is 11.5 Å². The van der Waals surface area contributed by atoms with E-state index in [9.17, 15) is 4.79 Å². The molecule has 0 aliphatic rings. The highest BCUT2D eigenvalue weighted by atomic mass is 16.5. The lowest BCUT2D eigenvalue weighted by atomic mass is 9.84. The standard InChI is InChI=1S/C21H28N2O3/c1-21(2,17-7-11-19(26-4)12-8-17)15-23-20(24)22-14-13-16-5-9-18(25-3)10-6-16/h5-12H,13-15H2,1-4H3,(H2,22,23,24). The highest BCUT2D eigenvalue weighted by Gasteiger charge is 2.21. The first-order valence-electron chi connectivity index (χ1n) is 8.74. The van der Waals surface area contributed by atoms with Gasteiger partial charge in [0.2, 0.25) is 0 Å². The number of benzene rings is 2. The number of hydrogen-bond donors (Lipinski definition) is 2. The van der Waals surface area contributed by atoms with Crippen LogP contribution in [0.2, 0.25) is 0 Å². The van der Waals surface area contributed by atoms with Gasteiger partial charge in [0.25, 0.3) is 0 Å². The molecule has 0 spiro atoms. The molecule has 0 aromatic heterocycles. The van der Waals surface area contributed by atoms with E-state index >= 15 is 0 Å². The van der Waals surface area contributed by atoms with Crippen LogP contribution in [0.1, 0.15) is 25.0 Å². The molecule has 5 nitrogen and oxygen atoms in total. The fourth-order valence-electron chi connectivity index (χ4n) is 2.62. The van der Waals surface area contributed by atoms with Crippen LogP contribution < -0.4 is 20.1 Å². The van der Waals surface area contributed by atoms with Gasteiger partial charge >= 0.3 is 6.03 Å². The minimum Gasteiger partial charge on any atom is -0.497 e. The largest absolute Gasteiger partial charge is 0.497 e. The topological polar surface area (TPSA) is 59.6 Å². The average molecular weight is 356 g/mol. The van der Waals surface area contributed by atoms with Gasteiger partial charge in [0.15, 0.2) is 0 Å². The molecule has 140 valence electrons. The van der Waals surface area contributed by atoms with Gasteiger partial charge in [0.05, 0.1) is 14.2 Å². The summed E-state index contributed by atoms with van der Waals surface area (Å²) in [6.07, 6.45) is 0.777. The van der Waals surface area contributed by atoms with Crippen molar-refractivity contribution in [1.82, 2.24) is 10.6 Å². The molecule has 0 aliphatic heterocycles. The van der Waals surface area contributed by atoms with E-state index in [4.69, 9.17) is 9.47 Å². The van der Waals surface area contributed by atoms with E-state index in [1.807, 2.05) is 48.5 Å². The van der Waals surface area contributed by atoms with Gasteiger partial charge in [0.1, 0.15) is 11.5 Å². The second-order valence-electron chi connectivity index (χ2n) is 6.82. The van der Waals surface area contributed by atoms with Gasteiger partial charge in [-0.15, -0.1) is 0 Å². The number of ether oxygens (including phenoxy) is 2. The fraction of sp³-hybridized carbons (Fsp3) is 0.381. The van der Waals surface area contributed by atoms with Gasteiger partial charge in [-0.2, -0.15) is 0 Å². The monoisotopic (exact) mass is 356 g/mol. The number of nitrogens with one attached hydrogen (secondary N) is 2. The molecule has 0 aliphatic carbocycles. The lowest BCUT2D eigenvalue weighted by molar-refractivity contribution is 0.238. The van der Waals surface area contributed by atoms with Crippen molar-refractivity contribution in [2.24, 2.45) is 0 Å². The summed E-state index contributed by atoms with van der Waals surface area (Å²) in [5.74, 6) is 1.66. The zero-order valence-corrected chi connectivity index (χ0v) is 16.0. The summed E-state index contributed by atoms with van der Waals surface area (Å²) in [6, 6.07) is 15.6. The van der Waals surface area contributed by atoms with E-state index in [1.54, 1.807) is 14.2 Å². The second kappa shape index (κ2) is 9.13. The van der Waals surface area contributed by atoms with Gasteiger partial charge in [-0.1, -0.05) is 38.1 Å². The Morgan fingerprint density at radius 3 is 1.96 bits per heavy atom. The number of carbonyl (C=O) groups is 1. The van der Waals surface area contributed by atoms with Crippen LogP contribution in [-0.2, 0) is 11.8 Å². The van der Waals surface area contributed by atoms with Crippen molar-refractivity contribution in [3.05, 3.63) is 59.7 Å². The van der Waals surface area contributed by atoms with Crippen LogP contribution in [0.15, 0.2) is 48.5 Å².